The fourth-order valence-electron chi connectivity index (χ4n) is 8.07. The molecule has 0 spiro atoms. The van der Waals surface area contributed by atoms with Crippen LogP contribution >= 0.6 is 23.2 Å². The number of likely N-dealkylation sites (tertiary alicyclic amines) is 1. The van der Waals surface area contributed by atoms with E-state index < -0.39 is 37.5 Å². The Kier molecular flexibility index (Phi) is 13.5. The maximum Gasteiger partial charge on any atom is 0.322 e. The molecule has 0 bridgehead atoms. The number of piperazine rings is 1. The third-order valence-corrected chi connectivity index (χ3v) is 13.6. The van der Waals surface area contributed by atoms with E-state index in [0.717, 1.165) is 62.8 Å². The highest BCUT2D eigenvalue weighted by Gasteiger charge is 2.31. The zero-order valence-corrected chi connectivity index (χ0v) is 37.1. The number of carbonyl (C=O) groups is 2. The van der Waals surface area contributed by atoms with E-state index in [1.54, 1.807) is 12.1 Å². The molecule has 2 saturated heterocycles. The first kappa shape index (κ1) is 45.1. The Bertz CT molecular complexity index is 2600. The number of nitrogens with one attached hydrogen (secondary N) is 2. The maximum absolute atomic E-state index is 13.8. The maximum atomic E-state index is 13.8. The number of nitrogens with two attached hydrogens (primary N) is 1. The summed E-state index contributed by atoms with van der Waals surface area (Å²) in [6, 6.07) is 18.7. The highest BCUT2D eigenvalue weighted by atomic mass is 35.5. The van der Waals surface area contributed by atoms with E-state index in [0.29, 0.717) is 31.0 Å². The first-order valence-corrected chi connectivity index (χ1v) is 22.7. The van der Waals surface area contributed by atoms with Gasteiger partial charge >= 0.3 is 6.03 Å². The molecule has 4 N–H and O–H groups in total. The van der Waals surface area contributed by atoms with E-state index in [1.807, 2.05) is 16.9 Å². The first-order chi connectivity index (χ1) is 30.0. The largest absolute Gasteiger partial charge is 0.455 e. The molecule has 1 aliphatic carbocycles. The average Bonchev–Trinajstić information content (AvgIpc) is 3.26. The smallest absolute Gasteiger partial charge is 0.322 e. The molecule has 2 fully saturated rings. The second-order valence-electron chi connectivity index (χ2n) is 16.7. The molecule has 1 aromatic heterocycles. The molecule has 3 aliphatic rings. The molecular formula is C44H47Cl2N9O7S. The normalized spacial score (nSPS) is 17.2. The van der Waals surface area contributed by atoms with Crippen LogP contribution in [-0.2, 0) is 10.0 Å². The van der Waals surface area contributed by atoms with Gasteiger partial charge in [-0.1, -0.05) is 54.8 Å². The predicted molar refractivity (Wildman–Crippen MR) is 242 cm³/mol. The van der Waals surface area contributed by atoms with Crippen LogP contribution in [0.1, 0.15) is 61.9 Å². The molecular weight excluding hydrogens is 870 g/mol. The number of ether oxygens (including phenoxy) is 1. The monoisotopic (exact) mass is 915 g/mol. The summed E-state index contributed by atoms with van der Waals surface area (Å²) < 4.78 is 35.4. The minimum Gasteiger partial charge on any atom is -0.455 e. The van der Waals surface area contributed by atoms with Crippen LogP contribution in [0.3, 0.4) is 0 Å². The number of nitro groups is 1. The van der Waals surface area contributed by atoms with Crippen LogP contribution in [0.2, 0.25) is 10.0 Å². The Morgan fingerprint density at radius 3 is 2.40 bits per heavy atom. The Labute approximate surface area is 375 Å². The fourth-order valence-corrected chi connectivity index (χ4v) is 9.34. The number of nitrogen functional groups attached to an aromatic ring is 1. The summed E-state index contributed by atoms with van der Waals surface area (Å²) in [6.07, 6.45) is 5.35. The number of pyridine rings is 1. The zero-order valence-electron chi connectivity index (χ0n) is 34.8. The second-order valence-corrected chi connectivity index (χ2v) is 19.2. The van der Waals surface area contributed by atoms with Crippen molar-refractivity contribution in [1.82, 2.24) is 19.5 Å². The molecule has 0 unspecified atom stereocenters. The number of hydrogen-bond donors (Lipinski definition) is 3. The number of nitrogens with zero attached hydrogens (tertiary/aromatic N) is 6. The summed E-state index contributed by atoms with van der Waals surface area (Å²) in [5.41, 5.74) is 9.65. The third kappa shape index (κ3) is 10.8. The SMILES string of the molecule is CC1(C)CCC(CN2CCN(c3ccc(C(=O)NS(=O)(=O)c4ccc(NC(=O)N5CCC(C#N)CC5)c([N+](=O)[O-])c4)c(Oc4cnc(N)c(Cl)c4)c3)CC2)=C(c2ccc(Cl)cc2)C1. The number of carbonyl (C=O) groups excluding carboxylic acids is 2. The molecule has 16 nitrogen and oxygen atoms in total. The number of allylic oxidation sites excluding steroid dienone is 1. The van der Waals surface area contributed by atoms with Crippen molar-refractivity contribution in [2.45, 2.75) is 50.8 Å². The molecule has 330 valence electrons. The lowest BCUT2D eigenvalue weighted by molar-refractivity contribution is -0.384. The number of rotatable bonds is 11. The summed E-state index contributed by atoms with van der Waals surface area (Å²) in [7, 11) is -4.71. The molecule has 3 amide bonds. The topological polar surface area (TPSA) is 217 Å². The Balaban J connectivity index is 1.08. The van der Waals surface area contributed by atoms with Crippen LogP contribution in [0.4, 0.5) is 27.7 Å². The number of urea groups is 1. The molecule has 4 aromatic rings. The highest BCUT2D eigenvalue weighted by molar-refractivity contribution is 7.90. The number of hydrogen-bond acceptors (Lipinski definition) is 12. The van der Waals surface area contributed by atoms with Gasteiger partial charge in [-0.05, 0) is 85.1 Å². The number of nitriles is 1. The Morgan fingerprint density at radius 1 is 1.02 bits per heavy atom. The van der Waals surface area contributed by atoms with Crippen molar-refractivity contribution in [3.8, 4) is 17.6 Å². The summed E-state index contributed by atoms with van der Waals surface area (Å²) in [5, 5.41) is 24.5. The molecule has 0 radical (unpaired) electrons. The summed E-state index contributed by atoms with van der Waals surface area (Å²) >= 11 is 12.5. The van der Waals surface area contributed by atoms with Crippen LogP contribution in [-0.4, -0.2) is 85.9 Å². The lowest BCUT2D eigenvalue weighted by Crippen LogP contribution is -2.47. The molecule has 19 heteroatoms. The molecule has 0 atom stereocenters. The molecule has 2 aliphatic heterocycles. The minimum atomic E-state index is -4.71. The van der Waals surface area contributed by atoms with Gasteiger partial charge in [-0.15, -0.1) is 0 Å². The number of halogens is 2. The van der Waals surface area contributed by atoms with Crippen molar-refractivity contribution in [2.24, 2.45) is 11.3 Å². The lowest BCUT2D eigenvalue weighted by Gasteiger charge is -2.39. The number of amides is 3. The van der Waals surface area contributed by atoms with Gasteiger partial charge in [0.25, 0.3) is 21.6 Å². The van der Waals surface area contributed by atoms with Gasteiger partial charge in [-0.2, -0.15) is 5.26 Å². The van der Waals surface area contributed by atoms with Crippen LogP contribution in [0.15, 0.2) is 83.4 Å². The van der Waals surface area contributed by atoms with E-state index in [2.05, 4.69) is 52.2 Å². The fraction of sp³-hybridized carbons (Fsp3) is 0.364. The quantitative estimate of drug-likeness (QED) is 0.0956. The van der Waals surface area contributed by atoms with E-state index in [1.165, 1.54) is 39.9 Å². The van der Waals surface area contributed by atoms with Crippen LogP contribution in [0, 0.1) is 32.8 Å². The minimum absolute atomic E-state index is 0.00399. The van der Waals surface area contributed by atoms with Crippen molar-refractivity contribution < 1.29 is 27.7 Å². The van der Waals surface area contributed by atoms with Gasteiger partial charge in [0.05, 0.1) is 32.7 Å². The standard InChI is InChI=1S/C44H47Cl2N9O7S/c1-44(2)14-11-30(36(24-44)29-3-5-31(45)6-4-29)27-52-17-19-53(20-18-52)32-7-9-35(40(21-32)62-33-22-37(46)41(48)49-26-33)42(56)51-63(60,61)34-8-10-38(39(23-34)55(58)59)50-43(57)54-15-12-28(25-47)13-16-54/h3-10,21-23,26,28H,11-20,24,27H2,1-2H3,(H2,48,49)(H,50,57)(H,51,56). The summed E-state index contributed by atoms with van der Waals surface area (Å²) in [4.78, 5) is 47.5. The van der Waals surface area contributed by atoms with E-state index in [-0.39, 0.29) is 58.0 Å². The van der Waals surface area contributed by atoms with Crippen molar-refractivity contribution in [3.05, 3.63) is 110 Å². The van der Waals surface area contributed by atoms with Gasteiger partial charge in [0.2, 0.25) is 0 Å². The third-order valence-electron chi connectivity index (χ3n) is 11.7. The molecule has 0 saturated carbocycles. The lowest BCUT2D eigenvalue weighted by atomic mass is 9.72. The number of sulfonamides is 1. The molecule has 3 heterocycles. The second kappa shape index (κ2) is 18.8. The Morgan fingerprint density at radius 2 is 1.73 bits per heavy atom. The van der Waals surface area contributed by atoms with E-state index in [9.17, 15) is 28.1 Å². The van der Waals surface area contributed by atoms with Gasteiger partial charge in [0.15, 0.2) is 0 Å². The number of nitro benzene ring substituents is 1. The molecule has 7 rings (SSSR count). The predicted octanol–water partition coefficient (Wildman–Crippen LogP) is 8.34. The van der Waals surface area contributed by atoms with Crippen molar-refractivity contribution in [2.75, 3.05) is 61.8 Å². The average molecular weight is 917 g/mol. The van der Waals surface area contributed by atoms with E-state index in [4.69, 9.17) is 38.9 Å². The van der Waals surface area contributed by atoms with Gasteiger partial charge < -0.3 is 25.6 Å². The number of aromatic nitrogens is 1. The van der Waals surface area contributed by atoms with Gasteiger partial charge in [0.1, 0.15) is 23.0 Å². The summed E-state index contributed by atoms with van der Waals surface area (Å²) in [5.74, 6) is -1.06. The number of benzene rings is 3. The number of piperidine rings is 1. The van der Waals surface area contributed by atoms with Crippen LogP contribution < -0.4 is 25.4 Å². The van der Waals surface area contributed by atoms with Gasteiger partial charge in [-0.3, -0.25) is 19.8 Å². The van der Waals surface area contributed by atoms with Gasteiger partial charge in [0, 0.05) is 80.6 Å². The molecule has 63 heavy (non-hydrogen) atoms. The zero-order chi connectivity index (χ0) is 45.1. The van der Waals surface area contributed by atoms with E-state index >= 15 is 0 Å². The molecule has 3 aromatic carbocycles. The highest BCUT2D eigenvalue weighted by Crippen LogP contribution is 2.43. The van der Waals surface area contributed by atoms with Crippen molar-refractivity contribution in [1.29, 1.82) is 5.26 Å². The van der Waals surface area contributed by atoms with Gasteiger partial charge in [-0.25, -0.2) is 22.9 Å². The van der Waals surface area contributed by atoms with Crippen LogP contribution in [0.5, 0.6) is 11.5 Å². The first-order valence-electron chi connectivity index (χ1n) is 20.5. The Hall–Kier alpha value is -5.93. The number of anilines is 3. The summed E-state index contributed by atoms with van der Waals surface area (Å²) in [6.45, 7) is 8.90. The van der Waals surface area contributed by atoms with Crippen LogP contribution in [0.25, 0.3) is 5.57 Å². The van der Waals surface area contributed by atoms with Crippen molar-refractivity contribution >= 4 is 73.6 Å². The van der Waals surface area contributed by atoms with Crippen molar-refractivity contribution in [3.63, 3.8) is 0 Å².